The number of rotatable bonds is 1. The smallest absolute Gasteiger partial charge is 0.254 e. The van der Waals surface area contributed by atoms with Crippen molar-refractivity contribution in [1.82, 2.24) is 4.90 Å². The van der Waals surface area contributed by atoms with E-state index in [2.05, 4.69) is 12.3 Å². The first kappa shape index (κ1) is 13.1. The van der Waals surface area contributed by atoms with Crippen molar-refractivity contribution in [2.24, 2.45) is 11.7 Å². The first-order chi connectivity index (χ1) is 9.15. The van der Waals surface area contributed by atoms with Gasteiger partial charge in [-0.1, -0.05) is 6.92 Å². The highest BCUT2D eigenvalue weighted by atomic mass is 32.1. The van der Waals surface area contributed by atoms with Crippen LogP contribution in [0.15, 0.2) is 5.38 Å². The minimum atomic E-state index is 0.235. The summed E-state index contributed by atoms with van der Waals surface area (Å²) in [6.45, 7) is 3.94. The van der Waals surface area contributed by atoms with Gasteiger partial charge >= 0.3 is 0 Å². The van der Waals surface area contributed by atoms with Crippen LogP contribution in [0.2, 0.25) is 0 Å². The second-order valence-electron chi connectivity index (χ2n) is 6.03. The van der Waals surface area contributed by atoms with E-state index in [4.69, 9.17) is 5.73 Å². The molecule has 0 saturated carbocycles. The summed E-state index contributed by atoms with van der Waals surface area (Å²) in [5, 5.41) is 2.08. The molecule has 3 nitrogen and oxygen atoms in total. The molecule has 19 heavy (non-hydrogen) atoms. The molecule has 2 N–H and O–H groups in total. The maximum Gasteiger partial charge on any atom is 0.254 e. The molecule has 0 aromatic carbocycles. The Hall–Kier alpha value is -0.870. The van der Waals surface area contributed by atoms with Gasteiger partial charge in [0.05, 0.1) is 5.56 Å². The molecule has 1 atom stereocenters. The molecule has 0 bridgehead atoms. The third-order valence-electron chi connectivity index (χ3n) is 4.46. The lowest BCUT2D eigenvalue weighted by atomic mass is 9.88. The van der Waals surface area contributed by atoms with E-state index in [0.717, 1.165) is 50.3 Å². The number of hydrogen-bond donors (Lipinski definition) is 1. The largest absolute Gasteiger partial charge is 0.338 e. The lowest BCUT2D eigenvalue weighted by molar-refractivity contribution is 0.0714. The molecule has 0 radical (unpaired) electrons. The van der Waals surface area contributed by atoms with Crippen LogP contribution in [0.25, 0.3) is 0 Å². The second-order valence-corrected chi connectivity index (χ2v) is 6.99. The van der Waals surface area contributed by atoms with E-state index in [0.29, 0.717) is 0 Å². The highest BCUT2D eigenvalue weighted by molar-refractivity contribution is 7.10. The van der Waals surface area contributed by atoms with Crippen molar-refractivity contribution in [3.8, 4) is 0 Å². The lowest BCUT2D eigenvalue weighted by Crippen LogP contribution is -2.43. The molecule has 104 valence electrons. The van der Waals surface area contributed by atoms with Crippen molar-refractivity contribution in [2.45, 2.75) is 45.1 Å². The van der Waals surface area contributed by atoms with Gasteiger partial charge in [0.25, 0.3) is 5.91 Å². The van der Waals surface area contributed by atoms with E-state index in [1.807, 2.05) is 4.90 Å². The van der Waals surface area contributed by atoms with Crippen molar-refractivity contribution in [2.75, 3.05) is 13.1 Å². The molecular weight excluding hydrogens is 256 g/mol. The normalized spacial score (nSPS) is 24.3. The number of amides is 1. The summed E-state index contributed by atoms with van der Waals surface area (Å²) in [6.07, 6.45) is 5.33. The van der Waals surface area contributed by atoms with E-state index in [1.165, 1.54) is 16.9 Å². The molecule has 4 heteroatoms. The summed E-state index contributed by atoms with van der Waals surface area (Å²) >= 11 is 1.78. The minimum Gasteiger partial charge on any atom is -0.338 e. The van der Waals surface area contributed by atoms with Gasteiger partial charge in [-0.25, -0.2) is 0 Å². The van der Waals surface area contributed by atoms with E-state index in [-0.39, 0.29) is 11.9 Å². The van der Waals surface area contributed by atoms with Gasteiger partial charge in [0.15, 0.2) is 0 Å². The third-order valence-corrected chi connectivity index (χ3v) is 5.51. The Morgan fingerprint density at radius 2 is 2.11 bits per heavy atom. The van der Waals surface area contributed by atoms with Crippen LogP contribution in [0.1, 0.15) is 47.0 Å². The third kappa shape index (κ3) is 2.56. The topological polar surface area (TPSA) is 46.3 Å². The summed E-state index contributed by atoms with van der Waals surface area (Å²) in [5.74, 6) is 1.00. The zero-order valence-corrected chi connectivity index (χ0v) is 12.3. The highest BCUT2D eigenvalue weighted by Gasteiger charge is 2.27. The van der Waals surface area contributed by atoms with Gasteiger partial charge in [0.2, 0.25) is 0 Å². The Kier molecular flexibility index (Phi) is 3.63. The number of carbonyl (C=O) groups excluding carboxylic acids is 1. The van der Waals surface area contributed by atoms with Gasteiger partial charge in [0, 0.05) is 29.4 Å². The Balaban J connectivity index is 1.77. The molecule has 1 aromatic rings. The maximum absolute atomic E-state index is 12.6. The Morgan fingerprint density at radius 1 is 1.37 bits per heavy atom. The van der Waals surface area contributed by atoms with Crippen LogP contribution < -0.4 is 5.73 Å². The van der Waals surface area contributed by atoms with Gasteiger partial charge in [-0.2, -0.15) is 0 Å². The number of thiophene rings is 1. The van der Waals surface area contributed by atoms with E-state index in [1.54, 1.807) is 11.3 Å². The molecule has 2 aliphatic rings. The number of nitrogens with zero attached hydrogens (tertiary/aromatic N) is 1. The van der Waals surface area contributed by atoms with E-state index >= 15 is 0 Å². The number of piperidine rings is 1. The highest BCUT2D eigenvalue weighted by Crippen LogP contribution is 2.33. The SMILES string of the molecule is CC1CCc2c(C(=O)N3CCC(N)CC3)csc2C1. The number of fused-ring (bicyclic) bond motifs is 1. The fourth-order valence-corrected chi connectivity index (χ4v) is 4.37. The van der Waals surface area contributed by atoms with Crippen LogP contribution in [0.4, 0.5) is 0 Å². The zero-order valence-electron chi connectivity index (χ0n) is 11.5. The molecule has 1 aliphatic heterocycles. The lowest BCUT2D eigenvalue weighted by Gasteiger charge is -2.30. The first-order valence-electron chi connectivity index (χ1n) is 7.29. The quantitative estimate of drug-likeness (QED) is 0.857. The number of hydrogen-bond acceptors (Lipinski definition) is 3. The van der Waals surface area contributed by atoms with E-state index in [9.17, 15) is 4.79 Å². The average molecular weight is 278 g/mol. The monoisotopic (exact) mass is 278 g/mol. The molecule has 1 unspecified atom stereocenters. The molecule has 3 rings (SSSR count). The van der Waals surface area contributed by atoms with Crippen LogP contribution in [0.5, 0.6) is 0 Å². The van der Waals surface area contributed by atoms with Crippen molar-refractivity contribution < 1.29 is 4.79 Å². The van der Waals surface area contributed by atoms with Crippen LogP contribution in [-0.4, -0.2) is 29.9 Å². The van der Waals surface area contributed by atoms with Gasteiger partial charge in [-0.05, 0) is 43.6 Å². The first-order valence-corrected chi connectivity index (χ1v) is 8.17. The predicted molar refractivity (Wildman–Crippen MR) is 78.6 cm³/mol. The van der Waals surface area contributed by atoms with Gasteiger partial charge in [-0.3, -0.25) is 4.79 Å². The number of nitrogens with two attached hydrogens (primary N) is 1. The van der Waals surface area contributed by atoms with Crippen molar-refractivity contribution >= 4 is 17.2 Å². The molecule has 1 amide bonds. The number of carbonyl (C=O) groups is 1. The fourth-order valence-electron chi connectivity index (χ4n) is 3.13. The standard InChI is InChI=1S/C15H22N2OS/c1-10-2-3-12-13(9-19-14(12)8-10)15(18)17-6-4-11(16)5-7-17/h9-11H,2-8,16H2,1H3. The predicted octanol–water partition coefficient (Wildman–Crippen LogP) is 2.44. The van der Waals surface area contributed by atoms with Crippen molar-refractivity contribution in [3.05, 3.63) is 21.4 Å². The number of likely N-dealkylation sites (tertiary alicyclic amines) is 1. The van der Waals surface area contributed by atoms with Crippen molar-refractivity contribution in [1.29, 1.82) is 0 Å². The average Bonchev–Trinajstić information content (AvgIpc) is 2.81. The zero-order chi connectivity index (χ0) is 13.4. The minimum absolute atomic E-state index is 0.235. The molecule has 1 aromatic heterocycles. The van der Waals surface area contributed by atoms with Gasteiger partial charge in [0.1, 0.15) is 0 Å². The van der Waals surface area contributed by atoms with E-state index < -0.39 is 0 Å². The summed E-state index contributed by atoms with van der Waals surface area (Å²) in [6, 6.07) is 0.279. The van der Waals surface area contributed by atoms with Crippen LogP contribution >= 0.6 is 11.3 Å². The molecular formula is C15H22N2OS. The molecule has 0 spiro atoms. The summed E-state index contributed by atoms with van der Waals surface area (Å²) < 4.78 is 0. The Bertz CT molecular complexity index is 474. The van der Waals surface area contributed by atoms with Crippen LogP contribution in [-0.2, 0) is 12.8 Å². The van der Waals surface area contributed by atoms with Crippen LogP contribution in [0, 0.1) is 5.92 Å². The molecule has 2 heterocycles. The van der Waals surface area contributed by atoms with Gasteiger partial charge in [-0.15, -0.1) is 11.3 Å². The Labute approximate surface area is 118 Å². The Morgan fingerprint density at radius 3 is 2.84 bits per heavy atom. The van der Waals surface area contributed by atoms with Crippen molar-refractivity contribution in [3.63, 3.8) is 0 Å². The molecule has 1 saturated heterocycles. The van der Waals surface area contributed by atoms with Gasteiger partial charge < -0.3 is 10.6 Å². The molecule has 1 fully saturated rings. The maximum atomic E-state index is 12.6. The fraction of sp³-hybridized carbons (Fsp3) is 0.667. The second kappa shape index (κ2) is 5.25. The summed E-state index contributed by atoms with van der Waals surface area (Å²) in [5.41, 5.74) is 8.22. The summed E-state index contributed by atoms with van der Waals surface area (Å²) in [7, 11) is 0. The van der Waals surface area contributed by atoms with Crippen LogP contribution in [0.3, 0.4) is 0 Å². The molecule has 1 aliphatic carbocycles. The summed E-state index contributed by atoms with van der Waals surface area (Å²) in [4.78, 5) is 16.0.